The highest BCUT2D eigenvalue weighted by Gasteiger charge is 2.24. The summed E-state index contributed by atoms with van der Waals surface area (Å²) < 4.78 is 11.2. The van der Waals surface area contributed by atoms with Crippen molar-refractivity contribution in [2.24, 2.45) is 0 Å². The average Bonchev–Trinajstić information content (AvgIpc) is 3.18. The Hall–Kier alpha value is -3.32. The number of hydrogen-bond acceptors (Lipinski definition) is 5. The number of hydrogen-bond donors (Lipinski definition) is 1. The number of non-ortho nitro benzene ring substituents is 1. The van der Waals surface area contributed by atoms with Crippen molar-refractivity contribution in [2.45, 2.75) is 12.5 Å². The van der Waals surface area contributed by atoms with Crippen molar-refractivity contribution in [1.82, 2.24) is 5.32 Å². The molecule has 0 fully saturated rings. The topological polar surface area (TPSA) is 94.6 Å². The van der Waals surface area contributed by atoms with E-state index in [0.29, 0.717) is 24.4 Å². The number of para-hydroxylation sites is 1. The zero-order valence-corrected chi connectivity index (χ0v) is 15.3. The minimum absolute atomic E-state index is 0.114. The number of nitro benzene ring substituents is 1. The molecular formula is C20H15ClN2O5. The number of amides is 1. The van der Waals surface area contributed by atoms with Gasteiger partial charge in [0.05, 0.1) is 22.6 Å². The quantitative estimate of drug-likeness (QED) is 0.505. The van der Waals surface area contributed by atoms with Gasteiger partial charge in [-0.25, -0.2) is 0 Å². The fourth-order valence-electron chi connectivity index (χ4n) is 3.14. The van der Waals surface area contributed by atoms with Crippen molar-refractivity contribution in [3.63, 3.8) is 0 Å². The van der Waals surface area contributed by atoms with E-state index in [1.165, 1.54) is 18.2 Å². The Morgan fingerprint density at radius 1 is 1.18 bits per heavy atom. The number of benzene rings is 2. The summed E-state index contributed by atoms with van der Waals surface area (Å²) >= 11 is 6.13. The number of nitrogens with zero attached hydrogens (tertiary/aromatic N) is 1. The molecule has 4 rings (SSSR count). The van der Waals surface area contributed by atoms with Gasteiger partial charge in [-0.3, -0.25) is 14.9 Å². The maximum absolute atomic E-state index is 12.6. The van der Waals surface area contributed by atoms with Crippen molar-refractivity contribution < 1.29 is 18.9 Å². The van der Waals surface area contributed by atoms with Crippen LogP contribution in [0, 0.1) is 10.1 Å². The summed E-state index contributed by atoms with van der Waals surface area (Å²) in [6, 6.07) is 14.6. The van der Waals surface area contributed by atoms with E-state index in [9.17, 15) is 14.9 Å². The number of fused-ring (bicyclic) bond motifs is 1. The molecule has 2 heterocycles. The zero-order valence-electron chi connectivity index (χ0n) is 14.6. The van der Waals surface area contributed by atoms with Crippen LogP contribution in [-0.4, -0.2) is 17.4 Å². The molecule has 7 nitrogen and oxygen atoms in total. The van der Waals surface area contributed by atoms with Crippen LogP contribution in [-0.2, 0) is 0 Å². The SMILES string of the molecule is O=C(N[C@H]1CCOc2ccccc21)c1ccc(-c2ccc([N+](=O)[O-])cc2Cl)o1. The molecular weight excluding hydrogens is 384 g/mol. The molecule has 1 aliphatic heterocycles. The Balaban J connectivity index is 1.54. The van der Waals surface area contributed by atoms with Gasteiger partial charge in [0.2, 0.25) is 0 Å². The molecule has 1 N–H and O–H groups in total. The maximum Gasteiger partial charge on any atom is 0.287 e. The predicted octanol–water partition coefficient (Wildman–Crippen LogP) is 4.76. The van der Waals surface area contributed by atoms with Crippen LogP contribution in [0.5, 0.6) is 5.75 Å². The number of nitro groups is 1. The lowest BCUT2D eigenvalue weighted by Gasteiger charge is -2.26. The number of halogens is 1. The van der Waals surface area contributed by atoms with Gasteiger partial charge in [-0.1, -0.05) is 29.8 Å². The van der Waals surface area contributed by atoms with Crippen molar-refractivity contribution in [3.8, 4) is 17.1 Å². The minimum atomic E-state index is -0.525. The highest BCUT2D eigenvalue weighted by Crippen LogP contribution is 2.34. The van der Waals surface area contributed by atoms with Crippen molar-refractivity contribution in [3.05, 3.63) is 81.1 Å². The van der Waals surface area contributed by atoms with Crippen LogP contribution in [0.25, 0.3) is 11.3 Å². The van der Waals surface area contributed by atoms with Crippen LogP contribution >= 0.6 is 11.6 Å². The van der Waals surface area contributed by atoms with Gasteiger partial charge in [-0.05, 0) is 24.3 Å². The number of carbonyl (C=O) groups is 1. The van der Waals surface area contributed by atoms with E-state index in [-0.39, 0.29) is 28.4 Å². The van der Waals surface area contributed by atoms with Crippen LogP contribution in [0.1, 0.15) is 28.6 Å². The summed E-state index contributed by atoms with van der Waals surface area (Å²) in [5, 5.41) is 14.0. The first-order valence-electron chi connectivity index (χ1n) is 8.59. The summed E-state index contributed by atoms with van der Waals surface area (Å²) in [5.41, 5.74) is 1.28. The van der Waals surface area contributed by atoms with Crippen LogP contribution in [0.2, 0.25) is 5.02 Å². The average molecular weight is 399 g/mol. The third-order valence-electron chi connectivity index (χ3n) is 4.52. The van der Waals surface area contributed by atoms with Crippen LogP contribution < -0.4 is 10.1 Å². The van der Waals surface area contributed by atoms with E-state index < -0.39 is 4.92 Å². The Morgan fingerprint density at radius 3 is 2.79 bits per heavy atom. The third kappa shape index (κ3) is 3.44. The fourth-order valence-corrected chi connectivity index (χ4v) is 3.41. The number of furan rings is 1. The summed E-state index contributed by atoms with van der Waals surface area (Å²) in [6.07, 6.45) is 0.657. The highest BCUT2D eigenvalue weighted by molar-refractivity contribution is 6.33. The van der Waals surface area contributed by atoms with E-state index in [2.05, 4.69) is 5.32 Å². The lowest BCUT2D eigenvalue weighted by Crippen LogP contribution is -2.31. The Kier molecular flexibility index (Phi) is 4.75. The third-order valence-corrected chi connectivity index (χ3v) is 4.84. The van der Waals surface area contributed by atoms with Crippen molar-refractivity contribution >= 4 is 23.2 Å². The monoisotopic (exact) mass is 398 g/mol. The van der Waals surface area contributed by atoms with Gasteiger partial charge in [-0.2, -0.15) is 0 Å². The Bertz CT molecular complexity index is 1060. The van der Waals surface area contributed by atoms with E-state index in [1.54, 1.807) is 12.1 Å². The molecule has 0 radical (unpaired) electrons. The number of rotatable bonds is 4. The molecule has 8 heteroatoms. The van der Waals surface area contributed by atoms with Crippen LogP contribution in [0.4, 0.5) is 5.69 Å². The standard InChI is InChI=1S/C20H15ClN2O5/c21-15-11-12(23(25)26)5-6-13(15)18-7-8-19(28-18)20(24)22-16-9-10-27-17-4-2-1-3-14(16)17/h1-8,11,16H,9-10H2,(H,22,24)/t16-/m0/s1. The predicted molar refractivity (Wildman–Crippen MR) is 103 cm³/mol. The molecule has 0 spiro atoms. The minimum Gasteiger partial charge on any atom is -0.493 e. The van der Waals surface area contributed by atoms with Crippen molar-refractivity contribution in [1.29, 1.82) is 0 Å². The molecule has 2 aromatic carbocycles. The van der Waals surface area contributed by atoms with Gasteiger partial charge in [0, 0.05) is 29.7 Å². The second-order valence-electron chi connectivity index (χ2n) is 6.29. The highest BCUT2D eigenvalue weighted by atomic mass is 35.5. The number of nitrogens with one attached hydrogen (secondary N) is 1. The largest absolute Gasteiger partial charge is 0.493 e. The summed E-state index contributed by atoms with van der Waals surface area (Å²) in [5.74, 6) is 0.897. The second-order valence-corrected chi connectivity index (χ2v) is 6.69. The smallest absolute Gasteiger partial charge is 0.287 e. The Labute approximate surface area is 165 Å². The molecule has 142 valence electrons. The molecule has 0 aliphatic carbocycles. The molecule has 0 unspecified atom stereocenters. The zero-order chi connectivity index (χ0) is 19.7. The van der Waals surface area contributed by atoms with E-state index in [4.69, 9.17) is 20.8 Å². The molecule has 0 saturated carbocycles. The Morgan fingerprint density at radius 2 is 2.00 bits per heavy atom. The van der Waals surface area contributed by atoms with Gasteiger partial charge < -0.3 is 14.5 Å². The molecule has 1 aromatic heterocycles. The van der Waals surface area contributed by atoms with Crippen LogP contribution in [0.3, 0.4) is 0 Å². The van der Waals surface area contributed by atoms with E-state index in [0.717, 1.165) is 11.3 Å². The first-order valence-corrected chi connectivity index (χ1v) is 8.97. The summed E-state index contributed by atoms with van der Waals surface area (Å²) in [6.45, 7) is 0.518. The fraction of sp³-hybridized carbons (Fsp3) is 0.150. The summed E-state index contributed by atoms with van der Waals surface area (Å²) in [7, 11) is 0. The number of ether oxygens (including phenoxy) is 1. The van der Waals surface area contributed by atoms with Crippen LogP contribution in [0.15, 0.2) is 59.0 Å². The van der Waals surface area contributed by atoms with Crippen molar-refractivity contribution in [2.75, 3.05) is 6.61 Å². The molecule has 0 saturated heterocycles. The molecule has 1 atom stereocenters. The summed E-state index contributed by atoms with van der Waals surface area (Å²) in [4.78, 5) is 22.9. The molecule has 1 amide bonds. The van der Waals surface area contributed by atoms with Gasteiger partial charge >= 0.3 is 0 Å². The lowest BCUT2D eigenvalue weighted by molar-refractivity contribution is -0.384. The lowest BCUT2D eigenvalue weighted by atomic mass is 10.0. The van der Waals surface area contributed by atoms with Gasteiger partial charge in [0.25, 0.3) is 11.6 Å². The van der Waals surface area contributed by atoms with E-state index in [1.807, 2.05) is 24.3 Å². The first kappa shape index (κ1) is 18.1. The second kappa shape index (κ2) is 7.36. The molecule has 28 heavy (non-hydrogen) atoms. The molecule has 0 bridgehead atoms. The maximum atomic E-state index is 12.6. The van der Waals surface area contributed by atoms with E-state index >= 15 is 0 Å². The van der Waals surface area contributed by atoms with Gasteiger partial charge in [-0.15, -0.1) is 0 Å². The normalized spacial score (nSPS) is 15.4. The van der Waals surface area contributed by atoms with Gasteiger partial charge in [0.1, 0.15) is 11.5 Å². The molecule has 3 aromatic rings. The van der Waals surface area contributed by atoms with Gasteiger partial charge in [0.15, 0.2) is 5.76 Å². The first-order chi connectivity index (χ1) is 13.5. The number of carbonyl (C=O) groups excluding carboxylic acids is 1. The molecule has 1 aliphatic rings.